The van der Waals surface area contributed by atoms with Crippen LogP contribution in [0.5, 0.6) is 0 Å². The van der Waals surface area contributed by atoms with E-state index in [0.717, 1.165) is 31.2 Å². The Morgan fingerprint density at radius 2 is 2.00 bits per heavy atom. The highest BCUT2D eigenvalue weighted by molar-refractivity contribution is 6.08. The summed E-state index contributed by atoms with van der Waals surface area (Å²) >= 11 is 0. The van der Waals surface area contributed by atoms with Crippen LogP contribution in [0, 0.1) is 5.82 Å². The molecule has 138 valence electrons. The van der Waals surface area contributed by atoms with Crippen LogP contribution in [0.3, 0.4) is 0 Å². The van der Waals surface area contributed by atoms with Gasteiger partial charge in [-0.05, 0) is 43.2 Å². The maximum absolute atomic E-state index is 14.7. The lowest BCUT2D eigenvalue weighted by Crippen LogP contribution is -2.35. The maximum atomic E-state index is 14.7. The normalized spacial score (nSPS) is 19.4. The minimum Gasteiger partial charge on any atom is -0.444 e. The molecule has 2 amide bonds. The van der Waals surface area contributed by atoms with Gasteiger partial charge >= 0.3 is 6.09 Å². The second-order valence-corrected chi connectivity index (χ2v) is 7.59. The average Bonchev–Trinajstić information content (AvgIpc) is 3.27. The summed E-state index contributed by atoms with van der Waals surface area (Å²) in [4.78, 5) is 26.3. The summed E-state index contributed by atoms with van der Waals surface area (Å²) < 4.78 is 19.7. The third kappa shape index (κ3) is 2.43. The first-order valence-corrected chi connectivity index (χ1v) is 9.25. The van der Waals surface area contributed by atoms with Crippen molar-refractivity contribution in [1.82, 2.24) is 0 Å². The summed E-state index contributed by atoms with van der Waals surface area (Å²) in [5.74, 6) is -0.364. The molecule has 6 heteroatoms. The van der Waals surface area contributed by atoms with Crippen LogP contribution in [-0.2, 0) is 16.8 Å². The van der Waals surface area contributed by atoms with E-state index in [4.69, 9.17) is 4.74 Å². The van der Waals surface area contributed by atoms with Crippen molar-refractivity contribution >= 4 is 23.4 Å². The molecular formula is C21H19FN2O3. The van der Waals surface area contributed by atoms with E-state index in [1.807, 2.05) is 6.07 Å². The van der Waals surface area contributed by atoms with E-state index in [0.29, 0.717) is 29.0 Å². The molecule has 27 heavy (non-hydrogen) atoms. The topological polar surface area (TPSA) is 58.6 Å². The number of ether oxygens (including phenoxy) is 1. The second kappa shape index (κ2) is 5.81. The van der Waals surface area contributed by atoms with E-state index in [2.05, 4.69) is 5.32 Å². The van der Waals surface area contributed by atoms with Gasteiger partial charge in [-0.1, -0.05) is 18.9 Å². The smallest absolute Gasteiger partial charge is 0.411 e. The van der Waals surface area contributed by atoms with E-state index in [-0.39, 0.29) is 23.7 Å². The zero-order chi connectivity index (χ0) is 18.6. The molecule has 1 aliphatic carbocycles. The summed E-state index contributed by atoms with van der Waals surface area (Å²) in [5, 5.41) is 2.62. The van der Waals surface area contributed by atoms with Crippen molar-refractivity contribution in [3.8, 4) is 0 Å². The van der Waals surface area contributed by atoms with Crippen LogP contribution in [0.15, 0.2) is 36.4 Å². The Bertz CT molecular complexity index is 966. The molecule has 2 aromatic carbocycles. The highest BCUT2D eigenvalue weighted by atomic mass is 19.1. The number of carbonyl (C=O) groups excluding carboxylic acids is 2. The number of benzene rings is 2. The molecule has 2 aromatic rings. The third-order valence-electron chi connectivity index (χ3n) is 6.03. The molecule has 0 unspecified atom stereocenters. The highest BCUT2D eigenvalue weighted by Crippen LogP contribution is 2.51. The number of nitrogens with one attached hydrogen (secondary N) is 1. The first kappa shape index (κ1) is 16.3. The number of fused-ring (bicyclic) bond motifs is 3. The molecule has 5 rings (SSSR count). The van der Waals surface area contributed by atoms with Gasteiger partial charge < -0.3 is 9.64 Å². The van der Waals surface area contributed by atoms with Crippen molar-refractivity contribution in [2.24, 2.45) is 0 Å². The number of halogens is 1. The molecule has 5 nitrogen and oxygen atoms in total. The summed E-state index contributed by atoms with van der Waals surface area (Å²) in [7, 11) is 0. The minimum absolute atomic E-state index is 0.136. The predicted molar refractivity (Wildman–Crippen MR) is 98.5 cm³/mol. The lowest BCUT2D eigenvalue weighted by Gasteiger charge is -2.25. The van der Waals surface area contributed by atoms with Gasteiger partial charge in [-0.3, -0.25) is 10.1 Å². The fraction of sp³-hybridized carbons (Fsp3) is 0.333. The molecule has 0 bridgehead atoms. The van der Waals surface area contributed by atoms with Crippen LogP contribution in [0.25, 0.3) is 0 Å². The number of hydrogen-bond acceptors (Lipinski definition) is 3. The lowest BCUT2D eigenvalue weighted by atomic mass is 9.80. The number of rotatable bonds is 1. The second-order valence-electron chi connectivity index (χ2n) is 7.59. The molecule has 2 heterocycles. The lowest BCUT2D eigenvalue weighted by molar-refractivity contribution is 0.0984. The standard InChI is InChI=1S/C21H19FN2O3/c22-15-4-3-5-17-18(15)21(8-1-2-9-21)12-24(17)19(25)13-6-7-16-14(10-13)11-27-20(26)23-16/h3-7,10H,1-2,8-9,11-12H2,(H,23,26). The zero-order valence-electron chi connectivity index (χ0n) is 14.8. The molecule has 1 saturated carbocycles. The van der Waals surface area contributed by atoms with Gasteiger partial charge in [-0.25, -0.2) is 9.18 Å². The van der Waals surface area contributed by atoms with Crippen molar-refractivity contribution in [2.75, 3.05) is 16.8 Å². The van der Waals surface area contributed by atoms with Gasteiger partial charge in [0.05, 0.1) is 11.4 Å². The molecular weight excluding hydrogens is 347 g/mol. The van der Waals surface area contributed by atoms with Gasteiger partial charge in [0, 0.05) is 28.7 Å². The van der Waals surface area contributed by atoms with Gasteiger partial charge in [0.2, 0.25) is 0 Å². The fourth-order valence-electron chi connectivity index (χ4n) is 4.78. The predicted octanol–water partition coefficient (Wildman–Crippen LogP) is 4.36. The van der Waals surface area contributed by atoms with Crippen LogP contribution in [0.4, 0.5) is 20.6 Å². The molecule has 1 spiro atoms. The number of anilines is 2. The van der Waals surface area contributed by atoms with Crippen LogP contribution >= 0.6 is 0 Å². The van der Waals surface area contributed by atoms with Crippen LogP contribution in [0.1, 0.15) is 47.2 Å². The molecule has 1 fully saturated rings. The third-order valence-corrected chi connectivity index (χ3v) is 6.03. The molecule has 0 aromatic heterocycles. The molecule has 0 atom stereocenters. The first-order chi connectivity index (χ1) is 13.1. The van der Waals surface area contributed by atoms with E-state index < -0.39 is 6.09 Å². The van der Waals surface area contributed by atoms with Gasteiger partial charge in [0.25, 0.3) is 5.91 Å². The SMILES string of the molecule is O=C1Nc2ccc(C(=O)N3CC4(CCCC4)c4c(F)cccc43)cc2CO1. The van der Waals surface area contributed by atoms with Gasteiger partial charge in [-0.2, -0.15) is 0 Å². The van der Waals surface area contributed by atoms with Crippen molar-refractivity contribution in [3.05, 3.63) is 58.9 Å². The number of cyclic esters (lactones) is 1. The zero-order valence-corrected chi connectivity index (χ0v) is 14.8. The number of nitrogens with zero attached hydrogens (tertiary/aromatic N) is 1. The van der Waals surface area contributed by atoms with Crippen LogP contribution < -0.4 is 10.2 Å². The van der Waals surface area contributed by atoms with Crippen LogP contribution in [-0.4, -0.2) is 18.5 Å². The maximum Gasteiger partial charge on any atom is 0.411 e. The fourth-order valence-corrected chi connectivity index (χ4v) is 4.78. The Labute approximate surface area is 156 Å². The monoisotopic (exact) mass is 366 g/mol. The van der Waals surface area contributed by atoms with E-state index in [9.17, 15) is 14.0 Å². The van der Waals surface area contributed by atoms with Gasteiger partial charge in [0.15, 0.2) is 0 Å². The van der Waals surface area contributed by atoms with E-state index in [1.54, 1.807) is 29.2 Å². The van der Waals surface area contributed by atoms with Crippen LogP contribution in [0.2, 0.25) is 0 Å². The number of amides is 2. The molecule has 2 aliphatic heterocycles. The Morgan fingerprint density at radius 1 is 1.19 bits per heavy atom. The quantitative estimate of drug-likeness (QED) is 0.816. The minimum atomic E-state index is -0.492. The summed E-state index contributed by atoms with van der Waals surface area (Å²) in [6.45, 7) is 0.657. The highest BCUT2D eigenvalue weighted by Gasteiger charge is 2.48. The van der Waals surface area contributed by atoms with Crippen molar-refractivity contribution in [3.63, 3.8) is 0 Å². The van der Waals surface area contributed by atoms with Crippen molar-refractivity contribution in [1.29, 1.82) is 0 Å². The Kier molecular flexibility index (Phi) is 3.50. The first-order valence-electron chi connectivity index (χ1n) is 9.25. The molecule has 0 saturated heterocycles. The van der Waals surface area contributed by atoms with E-state index >= 15 is 0 Å². The van der Waals surface area contributed by atoms with E-state index in [1.165, 1.54) is 6.07 Å². The van der Waals surface area contributed by atoms with Gasteiger partial charge in [0.1, 0.15) is 12.4 Å². The molecule has 3 aliphatic rings. The van der Waals surface area contributed by atoms with Gasteiger partial charge in [-0.15, -0.1) is 0 Å². The Balaban J connectivity index is 1.53. The summed E-state index contributed by atoms with van der Waals surface area (Å²) in [6, 6.07) is 10.2. The summed E-state index contributed by atoms with van der Waals surface area (Å²) in [5.41, 5.74) is 3.05. The molecule has 1 N–H and O–H groups in total. The van der Waals surface area contributed by atoms with Crippen molar-refractivity contribution in [2.45, 2.75) is 37.7 Å². The Morgan fingerprint density at radius 3 is 2.81 bits per heavy atom. The average molecular weight is 366 g/mol. The number of carbonyl (C=O) groups is 2. The molecule has 0 radical (unpaired) electrons. The summed E-state index contributed by atoms with van der Waals surface area (Å²) in [6.07, 6.45) is 3.45. The largest absolute Gasteiger partial charge is 0.444 e. The van der Waals surface area contributed by atoms with Crippen molar-refractivity contribution < 1.29 is 18.7 Å². The Hall–Kier alpha value is -2.89. The number of hydrogen-bond donors (Lipinski definition) is 1.